The highest BCUT2D eigenvalue weighted by Gasteiger charge is 2.21. The van der Waals surface area contributed by atoms with Crippen LogP contribution in [0.1, 0.15) is 16.9 Å². The van der Waals surface area contributed by atoms with E-state index in [-0.39, 0.29) is 13.0 Å². The van der Waals surface area contributed by atoms with Crippen molar-refractivity contribution < 1.29 is 24.5 Å². The lowest BCUT2D eigenvalue weighted by Gasteiger charge is -2.14. The molecule has 1 aromatic heterocycles. The first-order valence-electron chi connectivity index (χ1n) is 5.88. The normalized spacial score (nSPS) is 12.1. The van der Waals surface area contributed by atoms with Crippen molar-refractivity contribution in [2.75, 3.05) is 20.3 Å². The van der Waals surface area contributed by atoms with Crippen molar-refractivity contribution in [3.8, 4) is 0 Å². The van der Waals surface area contributed by atoms with E-state index in [0.29, 0.717) is 18.8 Å². The van der Waals surface area contributed by atoms with Crippen LogP contribution in [0.5, 0.6) is 0 Å². The van der Waals surface area contributed by atoms with Crippen LogP contribution >= 0.6 is 0 Å². The fraction of sp³-hybridized carbons (Fsp3) is 0.500. The van der Waals surface area contributed by atoms with E-state index in [1.165, 1.54) is 0 Å². The van der Waals surface area contributed by atoms with Crippen LogP contribution in [0.4, 0.5) is 0 Å². The summed E-state index contributed by atoms with van der Waals surface area (Å²) in [4.78, 5) is 22.9. The van der Waals surface area contributed by atoms with Gasteiger partial charge in [0, 0.05) is 32.9 Å². The van der Waals surface area contributed by atoms with Gasteiger partial charge in [-0.25, -0.2) is 4.79 Å². The molecule has 0 aliphatic heterocycles. The number of rotatable bonds is 8. The number of ether oxygens (including phenoxy) is 1. The van der Waals surface area contributed by atoms with E-state index in [0.717, 1.165) is 0 Å². The van der Waals surface area contributed by atoms with E-state index in [1.54, 1.807) is 30.0 Å². The summed E-state index contributed by atoms with van der Waals surface area (Å²) in [7, 11) is 1.56. The molecular weight excluding hydrogens is 252 g/mol. The van der Waals surface area contributed by atoms with E-state index in [2.05, 4.69) is 5.32 Å². The van der Waals surface area contributed by atoms with Gasteiger partial charge in [-0.15, -0.1) is 0 Å². The van der Waals surface area contributed by atoms with Crippen LogP contribution in [0.25, 0.3) is 0 Å². The zero-order valence-corrected chi connectivity index (χ0v) is 10.7. The number of carbonyl (C=O) groups is 2. The Kier molecular flexibility index (Phi) is 6.04. The van der Waals surface area contributed by atoms with Gasteiger partial charge in [0.15, 0.2) is 0 Å². The van der Waals surface area contributed by atoms with Crippen molar-refractivity contribution in [1.29, 1.82) is 0 Å². The van der Waals surface area contributed by atoms with Gasteiger partial charge in [0.05, 0.1) is 6.61 Å². The van der Waals surface area contributed by atoms with E-state index in [4.69, 9.17) is 14.9 Å². The standard InChI is InChI=1S/C12H18N2O5/c1-19-8-6-14-5-2-3-10(14)11(16)13-9(4-7-15)12(17)18/h2-3,5,9,15H,4,6-8H2,1H3,(H,13,16)(H,17,18)/t9-/m0/s1. The second-order valence-electron chi connectivity index (χ2n) is 3.96. The third-order valence-corrected chi connectivity index (χ3v) is 2.62. The number of carboxylic acid groups (broad SMARTS) is 1. The molecule has 106 valence electrons. The van der Waals surface area contributed by atoms with Crippen molar-refractivity contribution in [2.45, 2.75) is 19.0 Å². The lowest BCUT2D eigenvalue weighted by atomic mass is 10.2. The fourth-order valence-electron chi connectivity index (χ4n) is 1.62. The van der Waals surface area contributed by atoms with Crippen LogP contribution in [0.2, 0.25) is 0 Å². The number of hydrogen-bond acceptors (Lipinski definition) is 4. The molecule has 0 fully saturated rings. The van der Waals surface area contributed by atoms with Gasteiger partial charge in [0.1, 0.15) is 11.7 Å². The van der Waals surface area contributed by atoms with Gasteiger partial charge in [-0.1, -0.05) is 0 Å². The van der Waals surface area contributed by atoms with E-state index >= 15 is 0 Å². The Morgan fingerprint density at radius 3 is 2.84 bits per heavy atom. The summed E-state index contributed by atoms with van der Waals surface area (Å²) in [6.45, 7) is 0.653. The second-order valence-corrected chi connectivity index (χ2v) is 3.96. The van der Waals surface area contributed by atoms with Gasteiger partial charge < -0.3 is 24.8 Å². The van der Waals surface area contributed by atoms with Crippen LogP contribution in [0.15, 0.2) is 18.3 Å². The summed E-state index contributed by atoms with van der Waals surface area (Å²) in [5, 5.41) is 20.0. The molecule has 19 heavy (non-hydrogen) atoms. The van der Waals surface area contributed by atoms with Crippen molar-refractivity contribution in [3.05, 3.63) is 24.0 Å². The number of carbonyl (C=O) groups excluding carboxylic acids is 1. The molecule has 1 atom stereocenters. The number of carboxylic acids is 1. The van der Waals surface area contributed by atoms with Crippen LogP contribution in [-0.4, -0.2) is 53.0 Å². The fourth-order valence-corrected chi connectivity index (χ4v) is 1.62. The maximum Gasteiger partial charge on any atom is 0.326 e. The third-order valence-electron chi connectivity index (χ3n) is 2.62. The van der Waals surface area contributed by atoms with E-state index in [9.17, 15) is 9.59 Å². The number of nitrogens with one attached hydrogen (secondary N) is 1. The summed E-state index contributed by atoms with van der Waals surface area (Å²) in [5.74, 6) is -1.65. The molecule has 0 radical (unpaired) electrons. The highest BCUT2D eigenvalue weighted by atomic mass is 16.5. The summed E-state index contributed by atoms with van der Waals surface area (Å²) in [6, 6.07) is 2.21. The Morgan fingerprint density at radius 2 is 2.26 bits per heavy atom. The second kappa shape index (κ2) is 7.55. The quantitative estimate of drug-likeness (QED) is 0.602. The number of aliphatic hydroxyl groups excluding tert-OH is 1. The van der Waals surface area contributed by atoms with Crippen LogP contribution in [0, 0.1) is 0 Å². The molecule has 0 aliphatic rings. The first-order valence-corrected chi connectivity index (χ1v) is 5.88. The van der Waals surface area contributed by atoms with Crippen molar-refractivity contribution in [3.63, 3.8) is 0 Å². The average molecular weight is 270 g/mol. The lowest BCUT2D eigenvalue weighted by Crippen LogP contribution is -2.42. The Balaban J connectivity index is 2.71. The van der Waals surface area contributed by atoms with E-state index < -0.39 is 17.9 Å². The number of hydrogen-bond donors (Lipinski definition) is 3. The number of nitrogens with zero attached hydrogens (tertiary/aromatic N) is 1. The molecule has 3 N–H and O–H groups in total. The Bertz CT molecular complexity index is 430. The molecule has 7 nitrogen and oxygen atoms in total. The Hall–Kier alpha value is -1.86. The smallest absolute Gasteiger partial charge is 0.326 e. The predicted molar refractivity (Wildman–Crippen MR) is 66.9 cm³/mol. The molecule has 0 aromatic carbocycles. The highest BCUT2D eigenvalue weighted by Crippen LogP contribution is 2.04. The first-order chi connectivity index (χ1) is 9.10. The van der Waals surface area contributed by atoms with Crippen LogP contribution in [-0.2, 0) is 16.1 Å². The van der Waals surface area contributed by atoms with E-state index in [1.807, 2.05) is 0 Å². The van der Waals surface area contributed by atoms with Crippen LogP contribution in [0.3, 0.4) is 0 Å². The monoisotopic (exact) mass is 270 g/mol. The summed E-state index contributed by atoms with van der Waals surface area (Å²) in [6.07, 6.45) is 1.69. The van der Waals surface area contributed by atoms with Gasteiger partial charge in [0.25, 0.3) is 5.91 Å². The molecule has 7 heteroatoms. The minimum atomic E-state index is -1.17. The SMILES string of the molecule is COCCn1cccc1C(=O)N[C@@H](CCO)C(=O)O. The number of methoxy groups -OCH3 is 1. The molecule has 0 unspecified atom stereocenters. The predicted octanol–water partition coefficient (Wildman–Crippen LogP) is -0.300. The number of aromatic nitrogens is 1. The Morgan fingerprint density at radius 1 is 1.53 bits per heavy atom. The lowest BCUT2D eigenvalue weighted by molar-refractivity contribution is -0.139. The van der Waals surface area contributed by atoms with Crippen molar-refractivity contribution in [1.82, 2.24) is 9.88 Å². The number of aliphatic carboxylic acids is 1. The molecule has 1 amide bonds. The minimum Gasteiger partial charge on any atom is -0.480 e. The molecule has 0 bridgehead atoms. The van der Waals surface area contributed by atoms with Gasteiger partial charge >= 0.3 is 5.97 Å². The molecule has 0 aliphatic carbocycles. The molecule has 0 spiro atoms. The number of amides is 1. The summed E-state index contributed by atoms with van der Waals surface area (Å²) in [5.41, 5.74) is 0.362. The van der Waals surface area contributed by atoms with Gasteiger partial charge in [-0.05, 0) is 12.1 Å². The summed E-state index contributed by atoms with van der Waals surface area (Å²) < 4.78 is 6.61. The molecule has 0 saturated carbocycles. The van der Waals surface area contributed by atoms with Crippen LogP contribution < -0.4 is 5.32 Å². The highest BCUT2D eigenvalue weighted by molar-refractivity contribution is 5.95. The molecule has 1 heterocycles. The third kappa shape index (κ3) is 4.38. The maximum atomic E-state index is 12.0. The van der Waals surface area contributed by atoms with Crippen molar-refractivity contribution in [2.24, 2.45) is 0 Å². The zero-order chi connectivity index (χ0) is 14.3. The topological polar surface area (TPSA) is 101 Å². The molecule has 1 rings (SSSR count). The molecule has 0 saturated heterocycles. The Labute approximate surface area is 110 Å². The van der Waals surface area contributed by atoms with Gasteiger partial charge in [-0.2, -0.15) is 0 Å². The van der Waals surface area contributed by atoms with Crippen molar-refractivity contribution >= 4 is 11.9 Å². The molecule has 1 aromatic rings. The largest absolute Gasteiger partial charge is 0.480 e. The number of aliphatic hydroxyl groups is 1. The first kappa shape index (κ1) is 15.2. The average Bonchev–Trinajstić information content (AvgIpc) is 2.83. The summed E-state index contributed by atoms with van der Waals surface area (Å²) >= 11 is 0. The van der Waals surface area contributed by atoms with Gasteiger partial charge in [0.2, 0.25) is 0 Å². The molecular formula is C12H18N2O5. The zero-order valence-electron chi connectivity index (χ0n) is 10.7. The van der Waals surface area contributed by atoms with Gasteiger partial charge in [-0.3, -0.25) is 4.79 Å². The minimum absolute atomic E-state index is 0.0279. The maximum absolute atomic E-state index is 12.0.